The summed E-state index contributed by atoms with van der Waals surface area (Å²) in [6.45, 7) is 8.65. The van der Waals surface area contributed by atoms with E-state index in [2.05, 4.69) is 75.0 Å². The van der Waals surface area contributed by atoms with Crippen LogP contribution in [-0.4, -0.2) is 49.1 Å². The number of nitrogens with two attached hydrogens (primary N) is 1. The molecular weight excluding hydrogens is 234 g/mol. The molecule has 0 fully saturated rings. The van der Waals surface area contributed by atoms with E-state index >= 15 is 0 Å². The lowest BCUT2D eigenvalue weighted by atomic mass is 9.97. The van der Waals surface area contributed by atoms with Crippen molar-refractivity contribution < 1.29 is 0 Å². The van der Waals surface area contributed by atoms with Gasteiger partial charge in [-0.15, -0.1) is 0 Å². The first-order valence-electron chi connectivity index (χ1n) is 7.18. The maximum absolute atomic E-state index is 6.26. The van der Waals surface area contributed by atoms with E-state index in [9.17, 15) is 0 Å². The Bertz CT molecular complexity index is 348. The van der Waals surface area contributed by atoms with Crippen LogP contribution in [-0.2, 0) is 0 Å². The van der Waals surface area contributed by atoms with E-state index in [0.29, 0.717) is 6.04 Å². The van der Waals surface area contributed by atoms with Crippen molar-refractivity contribution >= 4 is 0 Å². The molecule has 1 aromatic carbocycles. The van der Waals surface area contributed by atoms with Crippen molar-refractivity contribution in [2.45, 2.75) is 38.9 Å². The maximum Gasteiger partial charge on any atom is 0.0499 e. The van der Waals surface area contributed by atoms with Gasteiger partial charge in [0.1, 0.15) is 0 Å². The number of hydrogen-bond acceptors (Lipinski definition) is 3. The second kappa shape index (κ2) is 7.63. The molecule has 0 amide bonds. The van der Waals surface area contributed by atoms with Gasteiger partial charge in [0.25, 0.3) is 0 Å². The Morgan fingerprint density at radius 1 is 1.11 bits per heavy atom. The number of rotatable bonds is 7. The molecule has 0 saturated carbocycles. The van der Waals surface area contributed by atoms with E-state index in [1.54, 1.807) is 0 Å². The molecule has 1 aromatic rings. The molecule has 0 saturated heterocycles. The van der Waals surface area contributed by atoms with Gasteiger partial charge in [0.15, 0.2) is 0 Å². The summed E-state index contributed by atoms with van der Waals surface area (Å²) < 4.78 is 0. The Balaban J connectivity index is 2.96. The average Bonchev–Trinajstić information content (AvgIpc) is 2.35. The van der Waals surface area contributed by atoms with E-state index in [4.69, 9.17) is 5.73 Å². The van der Waals surface area contributed by atoms with E-state index in [-0.39, 0.29) is 12.1 Å². The smallest absolute Gasteiger partial charge is 0.0499 e. The molecule has 0 aliphatic heterocycles. The van der Waals surface area contributed by atoms with Crippen molar-refractivity contribution in [3.05, 3.63) is 35.9 Å². The summed E-state index contributed by atoms with van der Waals surface area (Å²) in [5, 5.41) is 0. The molecule has 0 spiro atoms. The lowest BCUT2D eigenvalue weighted by Gasteiger charge is -2.39. The van der Waals surface area contributed by atoms with Crippen LogP contribution in [0, 0.1) is 0 Å². The fourth-order valence-corrected chi connectivity index (χ4v) is 2.86. The van der Waals surface area contributed by atoms with Crippen LogP contribution in [0.4, 0.5) is 0 Å². The third kappa shape index (κ3) is 4.60. The SMILES string of the molecule is CCN(C(C)CN(C)C)C(c1ccccc1)C(C)N. The fraction of sp³-hybridized carbons (Fsp3) is 0.625. The average molecular weight is 263 g/mol. The molecule has 0 radical (unpaired) electrons. The number of nitrogens with zero attached hydrogens (tertiary/aromatic N) is 2. The summed E-state index contributed by atoms with van der Waals surface area (Å²) in [7, 11) is 4.24. The van der Waals surface area contributed by atoms with Gasteiger partial charge in [-0.3, -0.25) is 4.90 Å². The molecule has 0 aliphatic carbocycles. The van der Waals surface area contributed by atoms with Gasteiger partial charge in [-0.25, -0.2) is 0 Å². The van der Waals surface area contributed by atoms with E-state index in [1.807, 2.05) is 0 Å². The zero-order chi connectivity index (χ0) is 14.4. The summed E-state index contributed by atoms with van der Waals surface area (Å²) in [5.41, 5.74) is 7.57. The second-order valence-electron chi connectivity index (χ2n) is 5.66. The molecule has 3 unspecified atom stereocenters. The monoisotopic (exact) mass is 263 g/mol. The third-order valence-electron chi connectivity index (χ3n) is 3.56. The highest BCUT2D eigenvalue weighted by Crippen LogP contribution is 2.25. The Labute approximate surface area is 118 Å². The largest absolute Gasteiger partial charge is 0.326 e. The summed E-state index contributed by atoms with van der Waals surface area (Å²) in [4.78, 5) is 4.73. The van der Waals surface area contributed by atoms with Gasteiger partial charge in [0, 0.05) is 24.7 Å². The minimum absolute atomic E-state index is 0.118. The van der Waals surface area contributed by atoms with Gasteiger partial charge < -0.3 is 10.6 Å². The first-order valence-corrected chi connectivity index (χ1v) is 7.18. The van der Waals surface area contributed by atoms with Crippen molar-refractivity contribution in [1.29, 1.82) is 0 Å². The summed E-state index contributed by atoms with van der Waals surface area (Å²) in [5.74, 6) is 0. The molecular formula is C16H29N3. The van der Waals surface area contributed by atoms with Crippen LogP contribution in [0.1, 0.15) is 32.4 Å². The van der Waals surface area contributed by atoms with E-state index < -0.39 is 0 Å². The van der Waals surface area contributed by atoms with Crippen LogP contribution in [0.5, 0.6) is 0 Å². The maximum atomic E-state index is 6.26. The quantitative estimate of drug-likeness (QED) is 0.819. The van der Waals surface area contributed by atoms with Crippen molar-refractivity contribution in [2.24, 2.45) is 5.73 Å². The van der Waals surface area contributed by atoms with Crippen LogP contribution < -0.4 is 5.73 Å². The normalized spacial score (nSPS) is 16.6. The topological polar surface area (TPSA) is 32.5 Å². The lowest BCUT2D eigenvalue weighted by molar-refractivity contribution is 0.114. The fourth-order valence-electron chi connectivity index (χ4n) is 2.86. The second-order valence-corrected chi connectivity index (χ2v) is 5.66. The molecule has 0 aliphatic rings. The van der Waals surface area contributed by atoms with Crippen molar-refractivity contribution in [1.82, 2.24) is 9.80 Å². The Morgan fingerprint density at radius 2 is 1.68 bits per heavy atom. The van der Waals surface area contributed by atoms with Gasteiger partial charge in [0.05, 0.1) is 0 Å². The summed E-state index contributed by atoms with van der Waals surface area (Å²) in [6, 6.07) is 11.5. The molecule has 0 heterocycles. The van der Waals surface area contributed by atoms with Crippen molar-refractivity contribution in [2.75, 3.05) is 27.2 Å². The number of benzene rings is 1. The summed E-state index contributed by atoms with van der Waals surface area (Å²) >= 11 is 0. The summed E-state index contributed by atoms with van der Waals surface area (Å²) in [6.07, 6.45) is 0. The van der Waals surface area contributed by atoms with Gasteiger partial charge in [-0.05, 0) is 40.1 Å². The highest BCUT2D eigenvalue weighted by molar-refractivity contribution is 5.20. The highest BCUT2D eigenvalue weighted by Gasteiger charge is 2.26. The number of likely N-dealkylation sites (N-methyl/N-ethyl adjacent to an activating group) is 2. The standard InChI is InChI=1S/C16H29N3/c1-6-19(13(2)12-18(4)5)16(14(3)17)15-10-8-7-9-11-15/h7-11,13-14,16H,6,12,17H2,1-5H3. The lowest BCUT2D eigenvalue weighted by Crippen LogP contribution is -2.47. The molecule has 0 bridgehead atoms. The van der Waals surface area contributed by atoms with E-state index in [1.165, 1.54) is 5.56 Å². The molecule has 2 N–H and O–H groups in total. The first kappa shape index (κ1) is 16.2. The predicted molar refractivity (Wildman–Crippen MR) is 83.2 cm³/mol. The molecule has 0 aromatic heterocycles. The zero-order valence-electron chi connectivity index (χ0n) is 13.0. The van der Waals surface area contributed by atoms with Gasteiger partial charge in [-0.2, -0.15) is 0 Å². The third-order valence-corrected chi connectivity index (χ3v) is 3.56. The van der Waals surface area contributed by atoms with Crippen LogP contribution in [0.2, 0.25) is 0 Å². The zero-order valence-corrected chi connectivity index (χ0v) is 13.0. The molecule has 108 valence electrons. The first-order chi connectivity index (χ1) is 8.97. The predicted octanol–water partition coefficient (Wildman–Crippen LogP) is 2.35. The minimum Gasteiger partial charge on any atom is -0.326 e. The van der Waals surface area contributed by atoms with Gasteiger partial charge in [-0.1, -0.05) is 37.3 Å². The van der Waals surface area contributed by atoms with Crippen LogP contribution in [0.25, 0.3) is 0 Å². The Hall–Kier alpha value is -0.900. The Kier molecular flexibility index (Phi) is 6.49. The molecule has 3 nitrogen and oxygen atoms in total. The molecule has 19 heavy (non-hydrogen) atoms. The van der Waals surface area contributed by atoms with E-state index in [0.717, 1.165) is 13.1 Å². The van der Waals surface area contributed by atoms with Gasteiger partial charge >= 0.3 is 0 Å². The highest BCUT2D eigenvalue weighted by atomic mass is 15.2. The molecule has 3 atom stereocenters. The van der Waals surface area contributed by atoms with Crippen LogP contribution >= 0.6 is 0 Å². The molecule has 1 rings (SSSR count). The van der Waals surface area contributed by atoms with Crippen molar-refractivity contribution in [3.8, 4) is 0 Å². The van der Waals surface area contributed by atoms with Gasteiger partial charge in [0.2, 0.25) is 0 Å². The number of hydrogen-bond donors (Lipinski definition) is 1. The Morgan fingerprint density at radius 3 is 2.11 bits per heavy atom. The molecule has 3 heteroatoms. The van der Waals surface area contributed by atoms with Crippen molar-refractivity contribution in [3.63, 3.8) is 0 Å². The van der Waals surface area contributed by atoms with Crippen LogP contribution in [0.15, 0.2) is 30.3 Å². The van der Waals surface area contributed by atoms with Crippen LogP contribution in [0.3, 0.4) is 0 Å². The minimum atomic E-state index is 0.118.